The van der Waals surface area contributed by atoms with Gasteiger partial charge in [-0.05, 0) is 62.2 Å². The summed E-state index contributed by atoms with van der Waals surface area (Å²) in [4.78, 5) is 46.4. The molecule has 0 aliphatic carbocycles. The first kappa shape index (κ1) is 30.3. The second-order valence-corrected chi connectivity index (χ2v) is 10.4. The molecule has 0 spiro atoms. The summed E-state index contributed by atoms with van der Waals surface area (Å²) in [6.07, 6.45) is 4.88. The summed E-state index contributed by atoms with van der Waals surface area (Å²) in [5, 5.41) is 6.65. The van der Waals surface area contributed by atoms with Gasteiger partial charge in [-0.2, -0.15) is 0 Å². The molecule has 218 valence electrons. The second-order valence-electron chi connectivity index (χ2n) is 9.41. The monoisotopic (exact) mass is 585 g/mol. The van der Waals surface area contributed by atoms with Crippen molar-refractivity contribution in [1.82, 2.24) is 15.2 Å². The van der Waals surface area contributed by atoms with Crippen LogP contribution in [-0.2, 0) is 4.79 Å². The van der Waals surface area contributed by atoms with E-state index in [1.54, 1.807) is 28.1 Å². The molecule has 0 bridgehead atoms. The smallest absolute Gasteiger partial charge is 0.331 e. The van der Waals surface area contributed by atoms with Gasteiger partial charge in [-0.15, -0.1) is 17.9 Å². The fourth-order valence-corrected chi connectivity index (χ4v) is 5.82. The number of rotatable bonds is 6. The predicted molar refractivity (Wildman–Crippen MR) is 169 cm³/mol. The zero-order valence-corrected chi connectivity index (χ0v) is 25.0. The summed E-state index contributed by atoms with van der Waals surface area (Å²) in [5.41, 5.74) is 2.68. The van der Waals surface area contributed by atoms with Gasteiger partial charge in [0.15, 0.2) is 0 Å². The number of nitrogens with zero attached hydrogens (tertiary/aromatic N) is 3. The van der Waals surface area contributed by atoms with E-state index in [1.165, 1.54) is 11.3 Å². The molecule has 4 aromatic rings. The highest BCUT2D eigenvalue weighted by molar-refractivity contribution is 7.21. The van der Waals surface area contributed by atoms with Gasteiger partial charge in [-0.3, -0.25) is 14.5 Å². The van der Waals surface area contributed by atoms with Crippen LogP contribution in [0.15, 0.2) is 73.4 Å². The SMILES string of the molecule is C=CC.CC.Cc1cc(Oc2ccccc2)ccc1N1C(=O)Nc2c(C(=O)N[C@@H]3CCN(C=O)C3)sc3nccc1c23. The number of para-hydroxylation sites is 1. The molecule has 0 radical (unpaired) electrons. The van der Waals surface area contributed by atoms with E-state index in [9.17, 15) is 14.4 Å². The average molecular weight is 586 g/mol. The predicted octanol–water partition coefficient (Wildman–Crippen LogP) is 7.26. The van der Waals surface area contributed by atoms with Crippen LogP contribution in [0.4, 0.5) is 21.9 Å². The van der Waals surface area contributed by atoms with E-state index in [4.69, 9.17) is 4.74 Å². The standard InChI is InChI=1S/C27H23N5O4S.C3H6.C2H6/c1-16-13-19(36-18-5-3-2-4-6-18)7-8-20(16)32-21-9-11-28-26-22(21)23(30-27(32)35)24(37-26)25(34)29-17-10-12-31(14-17)15-33;1-3-2;1-2/h2-9,11,13,15,17H,10,12,14H2,1H3,(H,29,34)(H,30,35);3H,1H2,2H3;1-2H3/t17-;;/m1../s1. The van der Waals surface area contributed by atoms with Crippen molar-refractivity contribution in [3.8, 4) is 11.5 Å². The van der Waals surface area contributed by atoms with Gasteiger partial charge in [0.25, 0.3) is 5.91 Å². The topological polar surface area (TPSA) is 104 Å². The van der Waals surface area contributed by atoms with Gasteiger partial charge in [-0.25, -0.2) is 9.78 Å². The number of thiophene rings is 1. The Hall–Kier alpha value is -4.70. The van der Waals surface area contributed by atoms with Crippen molar-refractivity contribution >= 4 is 57.0 Å². The minimum absolute atomic E-state index is 0.127. The first-order valence-corrected chi connectivity index (χ1v) is 14.7. The van der Waals surface area contributed by atoms with E-state index in [0.717, 1.165) is 23.1 Å². The zero-order chi connectivity index (χ0) is 30.2. The molecule has 6 rings (SSSR count). The molecule has 4 heterocycles. The summed E-state index contributed by atoms with van der Waals surface area (Å²) in [6.45, 7) is 12.3. The molecule has 42 heavy (non-hydrogen) atoms. The van der Waals surface area contributed by atoms with Crippen molar-refractivity contribution in [2.75, 3.05) is 23.3 Å². The molecule has 2 aliphatic heterocycles. The molecule has 2 aromatic heterocycles. The third kappa shape index (κ3) is 6.28. The van der Waals surface area contributed by atoms with Crippen LogP contribution in [0, 0.1) is 6.92 Å². The summed E-state index contributed by atoms with van der Waals surface area (Å²) in [5.74, 6) is 1.11. The van der Waals surface area contributed by atoms with E-state index >= 15 is 0 Å². The molecule has 0 unspecified atom stereocenters. The van der Waals surface area contributed by atoms with Gasteiger partial charge < -0.3 is 20.3 Å². The van der Waals surface area contributed by atoms with E-state index in [0.29, 0.717) is 52.0 Å². The van der Waals surface area contributed by atoms with E-state index in [2.05, 4.69) is 22.2 Å². The highest BCUT2D eigenvalue weighted by atomic mass is 32.1. The molecule has 4 amide bonds. The molecule has 1 atom stereocenters. The number of anilines is 3. The maximum Gasteiger partial charge on any atom is 0.331 e. The lowest BCUT2D eigenvalue weighted by Crippen LogP contribution is -2.38. The molecular formula is C32H35N5O4S. The van der Waals surface area contributed by atoms with Crippen LogP contribution < -0.4 is 20.3 Å². The van der Waals surface area contributed by atoms with Gasteiger partial charge >= 0.3 is 6.03 Å². The van der Waals surface area contributed by atoms with Gasteiger partial charge in [0.2, 0.25) is 6.41 Å². The van der Waals surface area contributed by atoms with Crippen molar-refractivity contribution in [2.45, 2.75) is 40.2 Å². The quantitative estimate of drug-likeness (QED) is 0.183. The maximum atomic E-state index is 13.4. The Morgan fingerprint density at radius 3 is 2.55 bits per heavy atom. The lowest BCUT2D eigenvalue weighted by molar-refractivity contribution is -0.117. The van der Waals surface area contributed by atoms with Gasteiger partial charge in [0.1, 0.15) is 21.2 Å². The number of nitrogens with one attached hydrogen (secondary N) is 2. The van der Waals surface area contributed by atoms with Gasteiger partial charge in [-0.1, -0.05) is 38.1 Å². The van der Waals surface area contributed by atoms with Crippen molar-refractivity contribution in [3.63, 3.8) is 0 Å². The first-order chi connectivity index (χ1) is 20.4. The summed E-state index contributed by atoms with van der Waals surface area (Å²) < 4.78 is 5.95. The van der Waals surface area contributed by atoms with Crippen molar-refractivity contribution in [2.24, 2.45) is 0 Å². The number of pyridine rings is 1. The molecule has 1 saturated heterocycles. The molecule has 2 N–H and O–H groups in total. The molecule has 9 nitrogen and oxygen atoms in total. The Morgan fingerprint density at radius 1 is 1.14 bits per heavy atom. The van der Waals surface area contributed by atoms with Crippen molar-refractivity contribution in [3.05, 3.63) is 83.9 Å². The summed E-state index contributed by atoms with van der Waals surface area (Å²) >= 11 is 1.24. The summed E-state index contributed by atoms with van der Waals surface area (Å²) in [6, 6.07) is 16.4. The van der Waals surface area contributed by atoms with E-state index < -0.39 is 0 Å². The largest absolute Gasteiger partial charge is 0.457 e. The van der Waals surface area contributed by atoms with Gasteiger partial charge in [0.05, 0.1) is 22.4 Å². The number of hydrogen-bond donors (Lipinski definition) is 2. The minimum atomic E-state index is -0.361. The van der Waals surface area contributed by atoms with Crippen LogP contribution in [0.1, 0.15) is 42.4 Å². The highest BCUT2D eigenvalue weighted by Gasteiger charge is 2.34. The Balaban J connectivity index is 0.000000763. The number of allylic oxidation sites excluding steroid dienone is 1. The first-order valence-electron chi connectivity index (χ1n) is 13.9. The number of carbonyl (C=O) groups is 3. The van der Waals surface area contributed by atoms with Crippen LogP contribution >= 0.6 is 11.3 Å². The lowest BCUT2D eigenvalue weighted by atomic mass is 10.1. The number of aromatic nitrogens is 1. The molecule has 1 fully saturated rings. The van der Waals surface area contributed by atoms with Crippen LogP contribution in [0.25, 0.3) is 10.2 Å². The van der Waals surface area contributed by atoms with E-state index in [-0.39, 0.29) is 18.0 Å². The lowest BCUT2D eigenvalue weighted by Gasteiger charge is -2.29. The number of benzene rings is 2. The number of hydrogen-bond acceptors (Lipinski definition) is 6. The fraction of sp³-hybridized carbons (Fsp3) is 0.250. The molecular weight excluding hydrogens is 550 g/mol. The second kappa shape index (κ2) is 13.8. The van der Waals surface area contributed by atoms with Crippen LogP contribution in [0.2, 0.25) is 0 Å². The Labute approximate surface area is 249 Å². The number of ether oxygens (including phenoxy) is 1. The molecule has 0 saturated carbocycles. The van der Waals surface area contributed by atoms with Crippen LogP contribution in [0.5, 0.6) is 11.5 Å². The highest BCUT2D eigenvalue weighted by Crippen LogP contribution is 2.46. The van der Waals surface area contributed by atoms with Crippen LogP contribution in [-0.4, -0.2) is 47.4 Å². The minimum Gasteiger partial charge on any atom is -0.457 e. The normalized spacial score (nSPS) is 15.0. The van der Waals surface area contributed by atoms with Crippen molar-refractivity contribution in [1.29, 1.82) is 0 Å². The number of amides is 4. The third-order valence-corrected chi connectivity index (χ3v) is 7.64. The maximum absolute atomic E-state index is 13.4. The zero-order valence-electron chi connectivity index (χ0n) is 24.2. The van der Waals surface area contributed by atoms with Gasteiger partial charge in [0, 0.05) is 25.3 Å². The Bertz CT molecular complexity index is 1590. The average Bonchev–Trinajstić information content (AvgIpc) is 3.61. The third-order valence-electron chi connectivity index (χ3n) is 6.54. The van der Waals surface area contributed by atoms with Crippen LogP contribution in [0.3, 0.4) is 0 Å². The number of carbonyl (C=O) groups excluding carboxylic acids is 3. The van der Waals surface area contributed by atoms with E-state index in [1.807, 2.05) is 76.2 Å². The Kier molecular flexibility index (Phi) is 9.93. The molecule has 2 aromatic carbocycles. The molecule has 2 aliphatic rings. The van der Waals surface area contributed by atoms with Crippen molar-refractivity contribution < 1.29 is 19.1 Å². The number of likely N-dealkylation sites (tertiary alicyclic amines) is 1. The number of urea groups is 1. The fourth-order valence-electron chi connectivity index (χ4n) is 4.80. The molecule has 10 heteroatoms. The number of aryl methyl sites for hydroxylation is 1. The summed E-state index contributed by atoms with van der Waals surface area (Å²) in [7, 11) is 0. The Morgan fingerprint density at radius 2 is 1.88 bits per heavy atom.